The van der Waals surface area contributed by atoms with Crippen molar-refractivity contribution >= 4 is 21.6 Å². The topological polar surface area (TPSA) is 38.5 Å². The molecule has 0 saturated heterocycles. The van der Waals surface area contributed by atoms with Crippen LogP contribution in [-0.4, -0.2) is 19.1 Å². The third-order valence-electron chi connectivity index (χ3n) is 3.72. The van der Waals surface area contributed by atoms with E-state index in [0.29, 0.717) is 0 Å². The van der Waals surface area contributed by atoms with Crippen LogP contribution in [0.25, 0.3) is 0 Å². The second-order valence-electron chi connectivity index (χ2n) is 5.22. The zero-order valence-electron chi connectivity index (χ0n) is 12.6. The average molecular weight is 349 g/mol. The first-order valence-corrected chi connectivity index (χ1v) is 7.68. The highest BCUT2D eigenvalue weighted by atomic mass is 79.9. The van der Waals surface area contributed by atoms with Gasteiger partial charge in [-0.25, -0.2) is 0 Å². The summed E-state index contributed by atoms with van der Waals surface area (Å²) in [6, 6.07) is 14.4. The summed E-state index contributed by atoms with van der Waals surface area (Å²) in [7, 11) is 3.81. The summed E-state index contributed by atoms with van der Waals surface area (Å²) in [4.78, 5) is 2.28. The van der Waals surface area contributed by atoms with E-state index in [1.165, 1.54) is 5.56 Å². The lowest BCUT2D eigenvalue weighted by Crippen LogP contribution is -2.22. The second-order valence-corrected chi connectivity index (χ2v) is 6.13. The second kappa shape index (κ2) is 6.96. The molecule has 0 aliphatic carbocycles. The predicted octanol–water partition coefficient (Wildman–Crippen LogP) is 4.23. The summed E-state index contributed by atoms with van der Waals surface area (Å²) in [5.41, 5.74) is 9.04. The minimum atomic E-state index is 0.275. The molecule has 21 heavy (non-hydrogen) atoms. The van der Waals surface area contributed by atoms with Crippen LogP contribution >= 0.6 is 15.9 Å². The summed E-state index contributed by atoms with van der Waals surface area (Å²) in [5, 5.41) is 0. The number of hydrogen-bond acceptors (Lipinski definition) is 3. The Kier molecular flexibility index (Phi) is 5.26. The molecule has 0 saturated carbocycles. The molecule has 4 heteroatoms. The van der Waals surface area contributed by atoms with Gasteiger partial charge in [0.05, 0.1) is 7.11 Å². The summed E-state index contributed by atoms with van der Waals surface area (Å²) < 4.78 is 6.50. The van der Waals surface area contributed by atoms with Crippen molar-refractivity contribution in [2.24, 2.45) is 0 Å². The molecular weight excluding hydrogens is 328 g/mol. The van der Waals surface area contributed by atoms with Gasteiger partial charge in [-0.05, 0) is 49.9 Å². The van der Waals surface area contributed by atoms with Gasteiger partial charge in [-0.15, -0.1) is 0 Å². The lowest BCUT2D eigenvalue weighted by Gasteiger charge is -2.26. The van der Waals surface area contributed by atoms with E-state index in [1.807, 2.05) is 30.3 Å². The molecule has 0 radical (unpaired) electrons. The number of nitrogen functional groups attached to an aromatic ring is 1. The van der Waals surface area contributed by atoms with Gasteiger partial charge in [0.2, 0.25) is 0 Å². The van der Waals surface area contributed by atoms with Crippen LogP contribution in [0.2, 0.25) is 0 Å². The highest BCUT2D eigenvalue weighted by Gasteiger charge is 2.14. The van der Waals surface area contributed by atoms with Gasteiger partial charge in [0.25, 0.3) is 0 Å². The maximum absolute atomic E-state index is 5.87. The fourth-order valence-corrected chi connectivity index (χ4v) is 2.76. The van der Waals surface area contributed by atoms with Gasteiger partial charge in [0, 0.05) is 28.3 Å². The number of benzene rings is 2. The molecule has 0 aliphatic rings. The van der Waals surface area contributed by atoms with Crippen LogP contribution < -0.4 is 10.5 Å². The number of ether oxygens (including phenoxy) is 1. The maximum atomic E-state index is 5.87. The zero-order chi connectivity index (χ0) is 15.4. The van der Waals surface area contributed by atoms with Crippen LogP contribution in [0.5, 0.6) is 5.75 Å². The summed E-state index contributed by atoms with van der Waals surface area (Å²) >= 11 is 3.52. The number of nitrogens with two attached hydrogens (primary N) is 1. The van der Waals surface area contributed by atoms with Crippen LogP contribution in [0.1, 0.15) is 24.1 Å². The number of rotatable bonds is 5. The molecule has 0 aromatic heterocycles. The highest BCUT2D eigenvalue weighted by molar-refractivity contribution is 9.10. The minimum Gasteiger partial charge on any atom is -0.496 e. The van der Waals surface area contributed by atoms with E-state index >= 15 is 0 Å². The van der Waals surface area contributed by atoms with Gasteiger partial charge < -0.3 is 10.5 Å². The Morgan fingerprint density at radius 3 is 2.67 bits per heavy atom. The summed E-state index contributed by atoms with van der Waals surface area (Å²) in [5.74, 6) is 0.907. The Bertz CT molecular complexity index is 615. The Hall–Kier alpha value is -1.52. The quantitative estimate of drug-likeness (QED) is 0.821. The molecule has 1 unspecified atom stereocenters. The fourth-order valence-electron chi connectivity index (χ4n) is 2.35. The molecule has 0 heterocycles. The van der Waals surface area contributed by atoms with Gasteiger partial charge in [-0.2, -0.15) is 0 Å². The van der Waals surface area contributed by atoms with Crippen molar-refractivity contribution in [3.05, 3.63) is 58.1 Å². The number of hydrogen-bond donors (Lipinski definition) is 1. The van der Waals surface area contributed by atoms with Gasteiger partial charge >= 0.3 is 0 Å². The molecule has 0 amide bonds. The smallest absolute Gasteiger partial charge is 0.123 e. The Morgan fingerprint density at radius 1 is 1.24 bits per heavy atom. The van der Waals surface area contributed by atoms with E-state index < -0.39 is 0 Å². The molecule has 0 spiro atoms. The van der Waals surface area contributed by atoms with E-state index in [0.717, 1.165) is 28.0 Å². The molecule has 2 aromatic carbocycles. The van der Waals surface area contributed by atoms with Crippen molar-refractivity contribution in [3.63, 3.8) is 0 Å². The lowest BCUT2D eigenvalue weighted by atomic mass is 10.1. The zero-order valence-corrected chi connectivity index (χ0v) is 14.2. The number of nitrogens with zero attached hydrogens (tertiary/aromatic N) is 1. The summed E-state index contributed by atoms with van der Waals surface area (Å²) in [6.07, 6.45) is 0. The van der Waals surface area contributed by atoms with Gasteiger partial charge in [0.15, 0.2) is 0 Å². The molecule has 2 aromatic rings. The SMILES string of the molecule is COc1ccc(Br)cc1CN(C)C(C)c1cccc(N)c1. The van der Waals surface area contributed by atoms with Crippen LogP contribution in [0.3, 0.4) is 0 Å². The third kappa shape index (κ3) is 3.99. The monoisotopic (exact) mass is 348 g/mol. The Balaban J connectivity index is 2.17. The van der Waals surface area contributed by atoms with Crippen molar-refractivity contribution in [2.75, 3.05) is 19.9 Å². The number of methoxy groups -OCH3 is 1. The Morgan fingerprint density at radius 2 is 2.00 bits per heavy atom. The van der Waals surface area contributed by atoms with Crippen molar-refractivity contribution in [2.45, 2.75) is 19.5 Å². The molecular formula is C17H21BrN2O. The maximum Gasteiger partial charge on any atom is 0.123 e. The van der Waals surface area contributed by atoms with E-state index in [1.54, 1.807) is 7.11 Å². The fraction of sp³-hybridized carbons (Fsp3) is 0.294. The van der Waals surface area contributed by atoms with Crippen LogP contribution in [0.4, 0.5) is 5.69 Å². The lowest BCUT2D eigenvalue weighted by molar-refractivity contribution is 0.249. The first kappa shape index (κ1) is 15.9. The van der Waals surface area contributed by atoms with E-state index in [2.05, 4.69) is 46.9 Å². The summed E-state index contributed by atoms with van der Waals surface area (Å²) in [6.45, 7) is 2.98. The number of anilines is 1. The Labute approximate surface area is 134 Å². The van der Waals surface area contributed by atoms with Gasteiger partial charge in [0.1, 0.15) is 5.75 Å². The predicted molar refractivity (Wildman–Crippen MR) is 91.4 cm³/mol. The molecule has 2 rings (SSSR count). The van der Waals surface area contributed by atoms with Crippen molar-refractivity contribution in [1.29, 1.82) is 0 Å². The van der Waals surface area contributed by atoms with E-state index in [4.69, 9.17) is 10.5 Å². The van der Waals surface area contributed by atoms with E-state index in [9.17, 15) is 0 Å². The standard InChI is InChI=1S/C17H21BrN2O/c1-12(13-5-4-6-16(19)10-13)20(2)11-14-9-15(18)7-8-17(14)21-3/h4-10,12H,11,19H2,1-3H3. The highest BCUT2D eigenvalue weighted by Crippen LogP contribution is 2.27. The minimum absolute atomic E-state index is 0.275. The van der Waals surface area contributed by atoms with Crippen molar-refractivity contribution < 1.29 is 4.74 Å². The van der Waals surface area contributed by atoms with Crippen LogP contribution in [-0.2, 0) is 6.54 Å². The van der Waals surface area contributed by atoms with Gasteiger partial charge in [-0.1, -0.05) is 28.1 Å². The first-order chi connectivity index (χ1) is 10.0. The van der Waals surface area contributed by atoms with Crippen molar-refractivity contribution in [1.82, 2.24) is 4.90 Å². The third-order valence-corrected chi connectivity index (χ3v) is 4.21. The van der Waals surface area contributed by atoms with E-state index in [-0.39, 0.29) is 6.04 Å². The van der Waals surface area contributed by atoms with Crippen LogP contribution in [0, 0.1) is 0 Å². The molecule has 112 valence electrons. The normalized spacial score (nSPS) is 12.4. The average Bonchev–Trinajstić information content (AvgIpc) is 2.46. The largest absolute Gasteiger partial charge is 0.496 e. The van der Waals surface area contributed by atoms with Crippen LogP contribution in [0.15, 0.2) is 46.9 Å². The molecule has 1 atom stereocenters. The molecule has 0 aliphatic heterocycles. The first-order valence-electron chi connectivity index (χ1n) is 6.89. The number of halogens is 1. The molecule has 0 bridgehead atoms. The van der Waals surface area contributed by atoms with Gasteiger partial charge in [-0.3, -0.25) is 4.90 Å². The molecule has 3 nitrogen and oxygen atoms in total. The molecule has 2 N–H and O–H groups in total. The van der Waals surface area contributed by atoms with Crippen molar-refractivity contribution in [3.8, 4) is 5.75 Å². The molecule has 0 fully saturated rings.